The Hall–Kier alpha value is -3.00. The number of rotatable bonds is 12. The number of amides is 2. The third kappa shape index (κ3) is 7.02. The van der Waals surface area contributed by atoms with Crippen molar-refractivity contribution in [2.75, 3.05) is 0 Å². The van der Waals surface area contributed by atoms with Gasteiger partial charge in [-0.05, 0) is 24.3 Å². The Kier molecular flexibility index (Phi) is 9.59. The highest BCUT2D eigenvalue weighted by atomic mass is 16.5. The first kappa shape index (κ1) is 25.3. The summed E-state index contributed by atoms with van der Waals surface area (Å²) >= 11 is 0. The van der Waals surface area contributed by atoms with Gasteiger partial charge in [0.05, 0.1) is 11.8 Å². The first-order chi connectivity index (χ1) is 15.3. The van der Waals surface area contributed by atoms with Crippen LogP contribution < -0.4 is 10.8 Å². The lowest BCUT2D eigenvalue weighted by molar-refractivity contribution is -0.141. The molecular weight excluding hydrogens is 408 g/mol. The molecule has 2 rings (SSSR count). The molecule has 0 aliphatic heterocycles. The van der Waals surface area contributed by atoms with Crippen LogP contribution in [0.25, 0.3) is 0 Å². The van der Waals surface area contributed by atoms with E-state index < -0.39 is 23.8 Å². The molecule has 0 saturated carbocycles. The molecule has 0 bridgehead atoms. The summed E-state index contributed by atoms with van der Waals surface area (Å²) in [5.41, 5.74) is 2.69. The number of aromatic nitrogens is 2. The van der Waals surface area contributed by atoms with Crippen LogP contribution >= 0.6 is 0 Å². The van der Waals surface area contributed by atoms with Gasteiger partial charge in [0, 0.05) is 12.3 Å². The first-order valence-electron chi connectivity index (χ1n) is 11.0. The summed E-state index contributed by atoms with van der Waals surface area (Å²) in [5, 5.41) is 16.3. The minimum Gasteiger partial charge on any atom is -0.344 e. The monoisotopic (exact) mass is 442 g/mol. The van der Waals surface area contributed by atoms with E-state index >= 15 is 0 Å². The Morgan fingerprint density at radius 2 is 1.81 bits per heavy atom. The van der Waals surface area contributed by atoms with Gasteiger partial charge in [0.25, 0.3) is 0 Å². The van der Waals surface area contributed by atoms with Crippen LogP contribution in [0.4, 0.5) is 0 Å². The van der Waals surface area contributed by atoms with Crippen LogP contribution in [-0.2, 0) is 16.0 Å². The third-order valence-electron chi connectivity index (χ3n) is 5.29. The standard InChI is InChI=1S/C24H34N4O4/c1-6-10-18(23(30)27-31)19(13-15(2)3)22(29)25-20(14-17-11-8-7-9-12-17)24-26-21(16(4)5)28-32-24/h6-9,11-12,15-16,18-20,31H,1,10,13-14H2,2-5H3,(H,25,29)(H,27,30)/t18-,19+,20-/m0/s1. The number of hydroxylamine groups is 1. The zero-order valence-corrected chi connectivity index (χ0v) is 19.2. The van der Waals surface area contributed by atoms with Gasteiger partial charge >= 0.3 is 0 Å². The molecule has 0 fully saturated rings. The van der Waals surface area contributed by atoms with E-state index in [1.807, 2.05) is 58.0 Å². The summed E-state index contributed by atoms with van der Waals surface area (Å²) in [5.74, 6) is -1.19. The van der Waals surface area contributed by atoms with E-state index in [9.17, 15) is 14.8 Å². The maximum absolute atomic E-state index is 13.4. The van der Waals surface area contributed by atoms with Crippen molar-refractivity contribution in [2.24, 2.45) is 17.8 Å². The fraction of sp³-hybridized carbons (Fsp3) is 0.500. The van der Waals surface area contributed by atoms with Gasteiger partial charge in [-0.1, -0.05) is 69.3 Å². The van der Waals surface area contributed by atoms with Crippen molar-refractivity contribution in [3.05, 3.63) is 60.3 Å². The van der Waals surface area contributed by atoms with Crippen LogP contribution in [0.1, 0.15) is 69.8 Å². The van der Waals surface area contributed by atoms with Gasteiger partial charge in [0.1, 0.15) is 6.04 Å². The molecule has 0 aliphatic rings. The Labute approximate surface area is 189 Å². The number of benzene rings is 1. The predicted octanol–water partition coefficient (Wildman–Crippen LogP) is 3.95. The second-order valence-electron chi connectivity index (χ2n) is 8.74. The van der Waals surface area contributed by atoms with Crippen LogP contribution in [0.5, 0.6) is 0 Å². The van der Waals surface area contributed by atoms with Crippen molar-refractivity contribution in [3.8, 4) is 0 Å². The maximum Gasteiger partial charge on any atom is 0.249 e. The number of carbonyl (C=O) groups excluding carboxylic acids is 2. The third-order valence-corrected chi connectivity index (χ3v) is 5.29. The summed E-state index contributed by atoms with van der Waals surface area (Å²) < 4.78 is 5.49. The highest BCUT2D eigenvalue weighted by molar-refractivity contribution is 5.87. The maximum atomic E-state index is 13.4. The van der Waals surface area contributed by atoms with E-state index in [0.717, 1.165) is 5.56 Å². The van der Waals surface area contributed by atoms with Crippen molar-refractivity contribution in [1.29, 1.82) is 0 Å². The van der Waals surface area contributed by atoms with E-state index in [0.29, 0.717) is 24.6 Å². The quantitative estimate of drug-likeness (QED) is 0.260. The number of carbonyl (C=O) groups is 2. The summed E-state index contributed by atoms with van der Waals surface area (Å²) in [6, 6.07) is 9.14. The van der Waals surface area contributed by atoms with Gasteiger partial charge in [-0.3, -0.25) is 14.8 Å². The van der Waals surface area contributed by atoms with Gasteiger partial charge in [-0.2, -0.15) is 4.98 Å². The fourth-order valence-electron chi connectivity index (χ4n) is 3.63. The van der Waals surface area contributed by atoms with Crippen molar-refractivity contribution >= 4 is 11.8 Å². The van der Waals surface area contributed by atoms with Gasteiger partial charge < -0.3 is 9.84 Å². The minimum absolute atomic E-state index is 0.0829. The number of nitrogens with one attached hydrogen (secondary N) is 2. The van der Waals surface area contributed by atoms with E-state index in [-0.39, 0.29) is 24.2 Å². The smallest absolute Gasteiger partial charge is 0.249 e. The molecule has 0 saturated heterocycles. The van der Waals surface area contributed by atoms with Crippen LogP contribution in [0.15, 0.2) is 47.5 Å². The van der Waals surface area contributed by atoms with E-state index in [1.165, 1.54) is 0 Å². The van der Waals surface area contributed by atoms with Crippen LogP contribution in [0.3, 0.4) is 0 Å². The highest BCUT2D eigenvalue weighted by Gasteiger charge is 2.35. The van der Waals surface area contributed by atoms with Crippen LogP contribution in [0.2, 0.25) is 0 Å². The van der Waals surface area contributed by atoms with E-state index in [1.54, 1.807) is 11.6 Å². The summed E-state index contributed by atoms with van der Waals surface area (Å²) in [7, 11) is 0. The topological polar surface area (TPSA) is 117 Å². The lowest BCUT2D eigenvalue weighted by Gasteiger charge is -2.27. The fourth-order valence-corrected chi connectivity index (χ4v) is 3.63. The van der Waals surface area contributed by atoms with E-state index in [2.05, 4.69) is 22.0 Å². The molecule has 8 nitrogen and oxygen atoms in total. The molecule has 3 N–H and O–H groups in total. The lowest BCUT2D eigenvalue weighted by atomic mass is 9.82. The minimum atomic E-state index is -0.744. The lowest BCUT2D eigenvalue weighted by Crippen LogP contribution is -2.43. The average molecular weight is 443 g/mol. The molecule has 0 spiro atoms. The summed E-state index contributed by atoms with van der Waals surface area (Å²) in [4.78, 5) is 30.2. The van der Waals surface area contributed by atoms with Gasteiger partial charge in [-0.15, -0.1) is 6.58 Å². The first-order valence-corrected chi connectivity index (χ1v) is 11.0. The summed E-state index contributed by atoms with van der Waals surface area (Å²) in [6.45, 7) is 11.6. The molecule has 32 heavy (non-hydrogen) atoms. The number of hydrogen-bond acceptors (Lipinski definition) is 6. The van der Waals surface area contributed by atoms with Gasteiger partial charge in [-0.25, -0.2) is 5.48 Å². The van der Waals surface area contributed by atoms with Crippen molar-refractivity contribution in [3.63, 3.8) is 0 Å². The average Bonchev–Trinajstić information content (AvgIpc) is 3.26. The number of nitrogens with zero attached hydrogens (tertiary/aromatic N) is 2. The Morgan fingerprint density at radius 3 is 2.34 bits per heavy atom. The zero-order valence-electron chi connectivity index (χ0n) is 19.2. The molecule has 0 aliphatic carbocycles. The largest absolute Gasteiger partial charge is 0.344 e. The molecule has 8 heteroatoms. The molecule has 3 atom stereocenters. The van der Waals surface area contributed by atoms with Gasteiger partial charge in [0.2, 0.25) is 17.7 Å². The molecule has 2 amide bonds. The molecule has 2 aromatic rings. The summed E-state index contributed by atoms with van der Waals surface area (Å²) in [6.07, 6.45) is 2.77. The Balaban J connectivity index is 2.35. The SMILES string of the molecule is C=CC[C@H](C(=O)NO)[C@@H](CC(C)C)C(=O)N[C@@H](Cc1ccccc1)c1nc(C(C)C)no1. The van der Waals surface area contributed by atoms with Gasteiger partial charge in [0.15, 0.2) is 5.82 Å². The number of allylic oxidation sites excluding steroid dienone is 1. The normalized spacial score (nSPS) is 14.1. The Bertz CT molecular complexity index is 879. The second kappa shape index (κ2) is 12.1. The molecule has 0 unspecified atom stereocenters. The Morgan fingerprint density at radius 1 is 1.12 bits per heavy atom. The van der Waals surface area contributed by atoms with Crippen molar-refractivity contribution in [2.45, 2.75) is 58.9 Å². The molecule has 1 aromatic heterocycles. The van der Waals surface area contributed by atoms with Crippen molar-refractivity contribution in [1.82, 2.24) is 20.9 Å². The van der Waals surface area contributed by atoms with Crippen molar-refractivity contribution < 1.29 is 19.3 Å². The van der Waals surface area contributed by atoms with Crippen LogP contribution in [0, 0.1) is 17.8 Å². The molecule has 1 heterocycles. The predicted molar refractivity (Wildman–Crippen MR) is 121 cm³/mol. The molecular formula is C24H34N4O4. The second-order valence-corrected chi connectivity index (χ2v) is 8.74. The highest BCUT2D eigenvalue weighted by Crippen LogP contribution is 2.27. The zero-order chi connectivity index (χ0) is 23.7. The molecule has 174 valence electrons. The molecule has 0 radical (unpaired) electrons. The van der Waals surface area contributed by atoms with Crippen LogP contribution in [-0.4, -0.2) is 27.2 Å². The molecule has 1 aromatic carbocycles. The number of hydrogen-bond donors (Lipinski definition) is 3. The van der Waals surface area contributed by atoms with E-state index in [4.69, 9.17) is 4.52 Å².